The molecule has 34 heavy (non-hydrogen) atoms. The number of rotatable bonds is 7. The van der Waals surface area contributed by atoms with Gasteiger partial charge in [-0.1, -0.05) is 6.07 Å². The number of hydrogen-bond acceptors (Lipinski definition) is 7. The van der Waals surface area contributed by atoms with Crippen molar-refractivity contribution in [1.82, 2.24) is 0 Å². The molecule has 1 aliphatic heterocycles. The highest BCUT2D eigenvalue weighted by molar-refractivity contribution is 6.46. The van der Waals surface area contributed by atoms with Gasteiger partial charge in [0.1, 0.15) is 23.0 Å². The third kappa shape index (κ3) is 4.04. The average molecular weight is 463 g/mol. The molecule has 172 valence electrons. The summed E-state index contributed by atoms with van der Waals surface area (Å²) >= 11 is 0. The van der Waals surface area contributed by atoms with Crippen LogP contribution in [0.2, 0.25) is 0 Å². The first kappa shape index (κ1) is 22.5. The molecule has 0 saturated heterocycles. The highest BCUT2D eigenvalue weighted by atomic mass is 19.1. The Bertz CT molecular complexity index is 1340. The van der Waals surface area contributed by atoms with Crippen LogP contribution in [0.15, 0.2) is 72.4 Å². The first-order valence-electron chi connectivity index (χ1n) is 9.96. The lowest BCUT2D eigenvalue weighted by Crippen LogP contribution is -2.32. The highest BCUT2D eigenvalue weighted by Gasteiger charge is 2.40. The van der Waals surface area contributed by atoms with Crippen molar-refractivity contribution < 1.29 is 28.4 Å². The Morgan fingerprint density at radius 2 is 1.68 bits per heavy atom. The number of hydrogen-bond donors (Lipinski definition) is 1. The Morgan fingerprint density at radius 1 is 0.941 bits per heavy atom. The smallest absolute Gasteiger partial charge is 0.282 e. The average Bonchev–Trinajstić information content (AvgIpc) is 3.08. The second-order valence-corrected chi connectivity index (χ2v) is 7.17. The van der Waals surface area contributed by atoms with Crippen LogP contribution in [-0.2, 0) is 9.59 Å². The molecule has 0 aromatic heterocycles. The van der Waals surface area contributed by atoms with Gasteiger partial charge in [-0.3, -0.25) is 19.7 Å². The fraction of sp³-hybridized carbons (Fsp3) is 0.0833. The number of imide groups is 1. The minimum Gasteiger partial charge on any atom is -0.497 e. The molecule has 0 saturated carbocycles. The van der Waals surface area contributed by atoms with Crippen LogP contribution in [0.25, 0.3) is 5.57 Å². The van der Waals surface area contributed by atoms with Crippen molar-refractivity contribution >= 4 is 34.4 Å². The zero-order valence-corrected chi connectivity index (χ0v) is 18.1. The Hall–Kier alpha value is -4.73. The third-order valence-electron chi connectivity index (χ3n) is 5.19. The summed E-state index contributed by atoms with van der Waals surface area (Å²) in [6.07, 6.45) is 0. The third-order valence-corrected chi connectivity index (χ3v) is 5.19. The van der Waals surface area contributed by atoms with E-state index in [9.17, 15) is 24.1 Å². The van der Waals surface area contributed by atoms with Crippen molar-refractivity contribution in [3.63, 3.8) is 0 Å². The summed E-state index contributed by atoms with van der Waals surface area (Å²) in [6, 6.07) is 15.1. The van der Waals surface area contributed by atoms with E-state index in [4.69, 9.17) is 9.47 Å². The molecule has 0 unspecified atom stereocenters. The van der Waals surface area contributed by atoms with E-state index in [0.717, 1.165) is 11.0 Å². The van der Waals surface area contributed by atoms with Crippen molar-refractivity contribution in [2.24, 2.45) is 0 Å². The van der Waals surface area contributed by atoms with Crippen LogP contribution in [0, 0.1) is 15.9 Å². The van der Waals surface area contributed by atoms with Gasteiger partial charge in [-0.05, 0) is 48.0 Å². The Kier molecular flexibility index (Phi) is 5.96. The number of nitrogens with zero attached hydrogens (tertiary/aromatic N) is 2. The quantitative estimate of drug-likeness (QED) is 0.318. The van der Waals surface area contributed by atoms with Gasteiger partial charge in [-0.15, -0.1) is 0 Å². The number of amides is 2. The molecule has 4 rings (SSSR count). The molecule has 2 amide bonds. The molecular weight excluding hydrogens is 445 g/mol. The lowest BCUT2D eigenvalue weighted by Gasteiger charge is -2.16. The minimum atomic E-state index is -0.721. The summed E-state index contributed by atoms with van der Waals surface area (Å²) in [7, 11) is 2.93. The lowest BCUT2D eigenvalue weighted by atomic mass is 10.0. The summed E-state index contributed by atoms with van der Waals surface area (Å²) in [5.41, 5.74) is 0.411. The minimum absolute atomic E-state index is 0.0259. The largest absolute Gasteiger partial charge is 0.497 e. The number of carbonyl (C=O) groups is 2. The van der Waals surface area contributed by atoms with E-state index in [2.05, 4.69) is 5.32 Å². The van der Waals surface area contributed by atoms with E-state index in [1.807, 2.05) is 0 Å². The Labute approximate surface area is 193 Å². The van der Waals surface area contributed by atoms with Crippen LogP contribution in [0.1, 0.15) is 5.56 Å². The fourth-order valence-corrected chi connectivity index (χ4v) is 3.55. The summed E-state index contributed by atoms with van der Waals surface area (Å²) < 4.78 is 24.4. The van der Waals surface area contributed by atoms with E-state index in [0.29, 0.717) is 17.2 Å². The van der Waals surface area contributed by atoms with Crippen molar-refractivity contribution in [3.05, 3.63) is 93.9 Å². The van der Waals surface area contributed by atoms with Gasteiger partial charge in [0.05, 0.1) is 36.1 Å². The molecule has 0 radical (unpaired) electrons. The maximum Gasteiger partial charge on any atom is 0.282 e. The summed E-state index contributed by atoms with van der Waals surface area (Å²) in [5.74, 6) is -1.18. The molecule has 1 aliphatic rings. The number of ether oxygens (including phenoxy) is 2. The number of anilines is 2. The fourth-order valence-electron chi connectivity index (χ4n) is 3.55. The highest BCUT2D eigenvalue weighted by Crippen LogP contribution is 2.37. The van der Waals surface area contributed by atoms with Gasteiger partial charge in [-0.25, -0.2) is 9.29 Å². The number of nitro groups is 1. The van der Waals surface area contributed by atoms with Crippen molar-refractivity contribution in [2.45, 2.75) is 0 Å². The van der Waals surface area contributed by atoms with Crippen molar-refractivity contribution in [2.75, 3.05) is 24.4 Å². The maximum atomic E-state index is 13.9. The second-order valence-electron chi connectivity index (χ2n) is 7.17. The first-order valence-corrected chi connectivity index (χ1v) is 9.96. The number of nitro benzene ring substituents is 1. The summed E-state index contributed by atoms with van der Waals surface area (Å²) in [6.45, 7) is 0. The monoisotopic (exact) mass is 463 g/mol. The normalized spacial score (nSPS) is 13.3. The van der Waals surface area contributed by atoms with E-state index in [1.165, 1.54) is 56.7 Å². The van der Waals surface area contributed by atoms with Gasteiger partial charge in [0.25, 0.3) is 17.5 Å². The summed E-state index contributed by atoms with van der Waals surface area (Å²) in [4.78, 5) is 38.1. The lowest BCUT2D eigenvalue weighted by molar-refractivity contribution is -0.384. The van der Waals surface area contributed by atoms with Crippen LogP contribution in [0.5, 0.6) is 11.5 Å². The van der Waals surface area contributed by atoms with E-state index < -0.39 is 22.6 Å². The SMILES string of the molecule is COc1ccc(NC2=C(c3ccc([N+](=O)[O-])cc3)C(=O)N(c3cccc(F)c3)C2=O)c(OC)c1. The number of benzene rings is 3. The number of methoxy groups -OCH3 is 2. The molecule has 0 spiro atoms. The number of halogens is 1. The Morgan fingerprint density at radius 3 is 2.29 bits per heavy atom. The van der Waals surface area contributed by atoms with Gasteiger partial charge in [-0.2, -0.15) is 0 Å². The molecule has 0 atom stereocenters. The van der Waals surface area contributed by atoms with Crippen LogP contribution in [0.3, 0.4) is 0 Å². The molecule has 1 N–H and O–H groups in total. The van der Waals surface area contributed by atoms with Gasteiger partial charge >= 0.3 is 0 Å². The van der Waals surface area contributed by atoms with Crippen molar-refractivity contribution in [1.29, 1.82) is 0 Å². The molecular formula is C24H18FN3O6. The predicted octanol–water partition coefficient (Wildman–Crippen LogP) is 4.15. The van der Waals surface area contributed by atoms with Crippen LogP contribution in [0.4, 0.5) is 21.5 Å². The van der Waals surface area contributed by atoms with E-state index in [-0.39, 0.29) is 28.2 Å². The molecule has 1 heterocycles. The number of non-ortho nitro benzene ring substituents is 1. The molecule has 10 heteroatoms. The molecule has 0 aliphatic carbocycles. The van der Waals surface area contributed by atoms with Crippen LogP contribution < -0.4 is 19.7 Å². The molecule has 9 nitrogen and oxygen atoms in total. The molecule has 3 aromatic carbocycles. The van der Waals surface area contributed by atoms with Crippen molar-refractivity contribution in [3.8, 4) is 11.5 Å². The zero-order chi connectivity index (χ0) is 24.4. The van der Waals surface area contributed by atoms with E-state index >= 15 is 0 Å². The Balaban J connectivity index is 1.84. The zero-order valence-electron chi connectivity index (χ0n) is 18.1. The van der Waals surface area contributed by atoms with Crippen LogP contribution in [-0.4, -0.2) is 31.0 Å². The van der Waals surface area contributed by atoms with E-state index in [1.54, 1.807) is 18.2 Å². The van der Waals surface area contributed by atoms with Gasteiger partial charge in [0, 0.05) is 18.2 Å². The standard InChI is InChI=1S/C24H18FN3O6/c1-33-18-10-11-19(20(13-18)34-2)26-22-21(14-6-8-16(9-7-14)28(31)32)23(29)27(24(22)30)17-5-3-4-15(25)12-17/h3-13,26H,1-2H3. The molecule has 0 bridgehead atoms. The second kappa shape index (κ2) is 9.02. The first-order chi connectivity index (χ1) is 16.3. The van der Waals surface area contributed by atoms with Gasteiger partial charge in [0.2, 0.25) is 0 Å². The topological polar surface area (TPSA) is 111 Å². The maximum absolute atomic E-state index is 13.9. The predicted molar refractivity (Wildman–Crippen MR) is 122 cm³/mol. The van der Waals surface area contributed by atoms with Gasteiger partial charge < -0.3 is 14.8 Å². The summed E-state index contributed by atoms with van der Waals surface area (Å²) in [5, 5.41) is 14.0. The number of carbonyl (C=O) groups excluding carboxylic acids is 2. The number of nitrogens with one attached hydrogen (secondary N) is 1. The molecule has 0 fully saturated rings. The molecule has 3 aromatic rings. The van der Waals surface area contributed by atoms with Gasteiger partial charge in [0.15, 0.2) is 0 Å². The van der Waals surface area contributed by atoms with Crippen LogP contribution >= 0.6 is 0 Å².